The highest BCUT2D eigenvalue weighted by Gasteiger charge is 2.31. The lowest BCUT2D eigenvalue weighted by Gasteiger charge is -2.30. The normalized spacial score (nSPS) is 15.7. The summed E-state index contributed by atoms with van der Waals surface area (Å²) in [5.41, 5.74) is 1.59. The Morgan fingerprint density at radius 3 is 2.60 bits per heavy atom. The second kappa shape index (κ2) is 10.3. The van der Waals surface area contributed by atoms with Crippen LogP contribution in [-0.2, 0) is 27.1 Å². The fourth-order valence-electron chi connectivity index (χ4n) is 3.60. The third kappa shape index (κ3) is 5.97. The molecule has 0 spiro atoms. The molecule has 1 heterocycles. The number of nitrogens with one attached hydrogen (secondary N) is 1. The van der Waals surface area contributed by atoms with Crippen molar-refractivity contribution in [2.45, 2.75) is 32.1 Å². The second-order valence-corrected chi connectivity index (χ2v) is 9.72. The maximum atomic E-state index is 12.7. The first kappa shape index (κ1) is 22.6. The molecule has 162 valence electrons. The molecule has 8 heteroatoms. The predicted molar refractivity (Wildman–Crippen MR) is 118 cm³/mol. The van der Waals surface area contributed by atoms with E-state index in [1.807, 2.05) is 31.2 Å². The quantitative estimate of drug-likeness (QED) is 0.666. The first-order chi connectivity index (χ1) is 14.4. The van der Waals surface area contributed by atoms with Gasteiger partial charge in [-0.05, 0) is 43.5 Å². The number of piperidine rings is 1. The SMILES string of the molecule is CCOc1ccccc1CNC(=O)C1CCN(S(=O)(=O)Cc2cccc(Cl)c2)CC1. The molecule has 0 radical (unpaired) electrons. The van der Waals surface area contributed by atoms with E-state index < -0.39 is 10.0 Å². The fourth-order valence-corrected chi connectivity index (χ4v) is 5.36. The van der Waals surface area contributed by atoms with E-state index in [0.29, 0.717) is 49.7 Å². The predicted octanol–water partition coefficient (Wildman–Crippen LogP) is 3.60. The first-order valence-corrected chi connectivity index (χ1v) is 12.1. The van der Waals surface area contributed by atoms with Gasteiger partial charge in [0.05, 0.1) is 12.4 Å². The van der Waals surface area contributed by atoms with Gasteiger partial charge in [-0.1, -0.05) is 41.9 Å². The Hall–Kier alpha value is -2.09. The van der Waals surface area contributed by atoms with Gasteiger partial charge in [0.25, 0.3) is 0 Å². The molecule has 3 rings (SSSR count). The zero-order valence-corrected chi connectivity index (χ0v) is 18.6. The molecular formula is C22H27ClN2O4S. The Labute approximate surface area is 183 Å². The fraction of sp³-hybridized carbons (Fsp3) is 0.409. The maximum absolute atomic E-state index is 12.7. The summed E-state index contributed by atoms with van der Waals surface area (Å²) in [7, 11) is -3.44. The van der Waals surface area contributed by atoms with Crippen LogP contribution in [0, 0.1) is 5.92 Å². The molecule has 0 unspecified atom stereocenters. The van der Waals surface area contributed by atoms with Crippen molar-refractivity contribution in [2.24, 2.45) is 5.92 Å². The van der Waals surface area contributed by atoms with Crippen molar-refractivity contribution < 1.29 is 17.9 Å². The van der Waals surface area contributed by atoms with Gasteiger partial charge in [0.15, 0.2) is 0 Å². The van der Waals surface area contributed by atoms with Crippen molar-refractivity contribution >= 4 is 27.5 Å². The first-order valence-electron chi connectivity index (χ1n) is 10.1. The number of amides is 1. The number of ether oxygens (including phenoxy) is 1. The van der Waals surface area contributed by atoms with Gasteiger partial charge >= 0.3 is 0 Å². The summed E-state index contributed by atoms with van der Waals surface area (Å²) in [5, 5.41) is 3.48. The minimum absolute atomic E-state index is 0.0480. The van der Waals surface area contributed by atoms with Gasteiger partial charge in [-0.15, -0.1) is 0 Å². The Balaban J connectivity index is 1.52. The van der Waals surface area contributed by atoms with E-state index in [2.05, 4.69) is 5.32 Å². The van der Waals surface area contributed by atoms with Crippen LogP contribution in [0.4, 0.5) is 0 Å². The van der Waals surface area contributed by atoms with Crippen LogP contribution in [0.3, 0.4) is 0 Å². The second-order valence-electron chi connectivity index (χ2n) is 7.32. The Morgan fingerprint density at radius 2 is 1.90 bits per heavy atom. The minimum atomic E-state index is -3.44. The minimum Gasteiger partial charge on any atom is -0.494 e. The van der Waals surface area contributed by atoms with Gasteiger partial charge in [0.2, 0.25) is 15.9 Å². The van der Waals surface area contributed by atoms with Gasteiger partial charge in [-0.3, -0.25) is 4.79 Å². The number of carbonyl (C=O) groups is 1. The smallest absolute Gasteiger partial charge is 0.223 e. The Kier molecular flexibility index (Phi) is 7.75. The number of hydrogen-bond donors (Lipinski definition) is 1. The van der Waals surface area contributed by atoms with Crippen molar-refractivity contribution in [3.05, 3.63) is 64.7 Å². The molecule has 0 atom stereocenters. The summed E-state index contributed by atoms with van der Waals surface area (Å²) in [6, 6.07) is 14.5. The van der Waals surface area contributed by atoms with Crippen LogP contribution in [0.2, 0.25) is 5.02 Å². The maximum Gasteiger partial charge on any atom is 0.223 e. The van der Waals surface area contributed by atoms with Crippen molar-refractivity contribution in [1.29, 1.82) is 0 Å². The van der Waals surface area contributed by atoms with Crippen LogP contribution in [0.1, 0.15) is 30.9 Å². The van der Waals surface area contributed by atoms with Crippen molar-refractivity contribution in [1.82, 2.24) is 9.62 Å². The summed E-state index contributed by atoms with van der Waals surface area (Å²) >= 11 is 5.95. The van der Waals surface area contributed by atoms with Gasteiger partial charge in [0, 0.05) is 36.1 Å². The van der Waals surface area contributed by atoms with E-state index in [9.17, 15) is 13.2 Å². The summed E-state index contributed by atoms with van der Waals surface area (Å²) in [6.07, 6.45) is 1.02. The van der Waals surface area contributed by atoms with Crippen molar-refractivity contribution in [2.75, 3.05) is 19.7 Å². The van der Waals surface area contributed by atoms with E-state index in [4.69, 9.17) is 16.3 Å². The molecule has 1 aliphatic rings. The van der Waals surface area contributed by atoms with E-state index in [1.165, 1.54) is 4.31 Å². The summed E-state index contributed by atoms with van der Waals surface area (Å²) < 4.78 is 32.5. The summed E-state index contributed by atoms with van der Waals surface area (Å²) in [5.74, 6) is 0.441. The lowest BCUT2D eigenvalue weighted by atomic mass is 9.97. The van der Waals surface area contributed by atoms with Crippen molar-refractivity contribution in [3.63, 3.8) is 0 Å². The number of benzene rings is 2. The highest BCUT2D eigenvalue weighted by Crippen LogP contribution is 2.23. The molecule has 2 aromatic rings. The number of nitrogens with zero attached hydrogens (tertiary/aromatic N) is 1. The van der Waals surface area contributed by atoms with E-state index in [-0.39, 0.29) is 17.6 Å². The molecular weight excluding hydrogens is 424 g/mol. The Morgan fingerprint density at radius 1 is 1.17 bits per heavy atom. The molecule has 2 aromatic carbocycles. The standard InChI is InChI=1S/C22H27ClN2O4S/c1-2-29-21-9-4-3-7-19(21)15-24-22(26)18-10-12-25(13-11-18)30(27,28)16-17-6-5-8-20(23)14-17/h3-9,14,18H,2,10-13,15-16H2,1H3,(H,24,26). The molecule has 0 saturated carbocycles. The molecule has 1 saturated heterocycles. The average molecular weight is 451 g/mol. The van der Waals surface area contributed by atoms with Crippen molar-refractivity contribution in [3.8, 4) is 5.75 Å². The number of halogens is 1. The molecule has 30 heavy (non-hydrogen) atoms. The van der Waals surface area contributed by atoms with E-state index >= 15 is 0 Å². The van der Waals surface area contributed by atoms with Gasteiger partial charge < -0.3 is 10.1 Å². The monoisotopic (exact) mass is 450 g/mol. The van der Waals surface area contributed by atoms with E-state index in [1.54, 1.807) is 24.3 Å². The van der Waals surface area contributed by atoms with Gasteiger partial charge in [-0.2, -0.15) is 0 Å². The average Bonchev–Trinajstić information content (AvgIpc) is 2.73. The highest BCUT2D eigenvalue weighted by atomic mass is 35.5. The van der Waals surface area contributed by atoms with Crippen LogP contribution in [0.15, 0.2) is 48.5 Å². The molecule has 1 N–H and O–H groups in total. The highest BCUT2D eigenvalue weighted by molar-refractivity contribution is 7.88. The molecule has 6 nitrogen and oxygen atoms in total. The third-order valence-electron chi connectivity index (χ3n) is 5.18. The number of para-hydroxylation sites is 1. The largest absolute Gasteiger partial charge is 0.494 e. The number of hydrogen-bond acceptors (Lipinski definition) is 4. The zero-order chi connectivity index (χ0) is 21.6. The molecule has 1 aliphatic heterocycles. The van der Waals surface area contributed by atoms with Crippen LogP contribution in [0.5, 0.6) is 5.75 Å². The van der Waals surface area contributed by atoms with Gasteiger partial charge in [-0.25, -0.2) is 12.7 Å². The number of sulfonamides is 1. The molecule has 1 fully saturated rings. The number of carbonyl (C=O) groups excluding carboxylic acids is 1. The molecule has 0 aliphatic carbocycles. The lowest BCUT2D eigenvalue weighted by molar-refractivity contribution is -0.126. The molecule has 1 amide bonds. The van der Waals surface area contributed by atoms with Crippen LogP contribution in [-0.4, -0.2) is 38.3 Å². The van der Waals surface area contributed by atoms with Gasteiger partial charge in [0.1, 0.15) is 5.75 Å². The number of rotatable bonds is 8. The summed E-state index contributed by atoms with van der Waals surface area (Å²) in [6.45, 7) is 3.56. The third-order valence-corrected chi connectivity index (χ3v) is 7.27. The molecule has 0 bridgehead atoms. The van der Waals surface area contributed by atoms with Crippen LogP contribution in [0.25, 0.3) is 0 Å². The summed E-state index contributed by atoms with van der Waals surface area (Å²) in [4.78, 5) is 12.6. The Bertz CT molecular complexity index is 973. The van der Waals surface area contributed by atoms with E-state index in [0.717, 1.165) is 11.3 Å². The van der Waals surface area contributed by atoms with Crippen LogP contribution >= 0.6 is 11.6 Å². The van der Waals surface area contributed by atoms with Crippen LogP contribution < -0.4 is 10.1 Å². The zero-order valence-electron chi connectivity index (χ0n) is 17.0. The lowest BCUT2D eigenvalue weighted by Crippen LogP contribution is -2.43. The molecule has 0 aromatic heterocycles. The topological polar surface area (TPSA) is 75.7 Å².